The number of phenolic OH excluding ortho intramolecular Hbond substituents is 1. The van der Waals surface area contributed by atoms with Crippen LogP contribution in [-0.2, 0) is 30.4 Å². The zero-order valence-corrected chi connectivity index (χ0v) is 23.8. The zero-order chi connectivity index (χ0) is 32.6. The van der Waals surface area contributed by atoms with Crippen molar-refractivity contribution in [1.29, 1.82) is 5.26 Å². The minimum atomic E-state index is -5.28. The molecule has 0 heterocycles. The van der Waals surface area contributed by atoms with Crippen LogP contribution in [0.5, 0.6) is 5.75 Å². The maximum absolute atomic E-state index is 12.2. The molecule has 0 radical (unpaired) electrons. The number of rotatable bonds is 8. The van der Waals surface area contributed by atoms with Crippen molar-refractivity contribution < 1.29 is 53.9 Å². The van der Waals surface area contributed by atoms with Crippen molar-refractivity contribution in [2.24, 2.45) is 20.5 Å². The molecule has 226 valence electrons. The summed E-state index contributed by atoms with van der Waals surface area (Å²) < 4.78 is 98.7. The highest BCUT2D eigenvalue weighted by Crippen LogP contribution is 2.44. The van der Waals surface area contributed by atoms with Gasteiger partial charge in [-0.3, -0.25) is 13.7 Å². The van der Waals surface area contributed by atoms with E-state index in [-0.39, 0.29) is 16.9 Å². The molecule has 0 aliphatic rings. The van der Waals surface area contributed by atoms with Crippen molar-refractivity contribution in [1.82, 2.24) is 0 Å². The summed E-state index contributed by atoms with van der Waals surface area (Å²) in [4.78, 5) is 9.44. The molecule has 4 aromatic rings. The molecule has 0 atom stereocenters. The van der Waals surface area contributed by atoms with Gasteiger partial charge in [-0.1, -0.05) is 0 Å². The Hall–Kier alpha value is -5.17. The van der Waals surface area contributed by atoms with E-state index in [0.717, 1.165) is 36.4 Å². The normalized spacial score (nSPS) is 12.6. The number of hydrogen-bond acceptors (Lipinski definition) is 13. The van der Waals surface area contributed by atoms with Crippen LogP contribution in [0.15, 0.2) is 95.8 Å². The number of fused-ring (bicyclic) bond motifs is 1. The number of carboxylic acids is 1. The number of hydrogen-bond donors (Lipinski definition) is 5. The van der Waals surface area contributed by atoms with Crippen LogP contribution in [0.3, 0.4) is 0 Å². The van der Waals surface area contributed by atoms with Gasteiger partial charge in [0.2, 0.25) is 0 Å². The maximum Gasteiger partial charge on any atom is 0.338 e. The Balaban J connectivity index is 1.83. The van der Waals surface area contributed by atoms with Gasteiger partial charge in [-0.2, -0.15) is 40.7 Å². The first-order valence-corrected chi connectivity index (χ1v) is 15.7. The van der Waals surface area contributed by atoms with Crippen LogP contribution in [0.25, 0.3) is 10.8 Å². The van der Waals surface area contributed by atoms with Crippen LogP contribution in [0.1, 0.15) is 15.9 Å². The molecule has 0 fully saturated rings. The Morgan fingerprint density at radius 2 is 1.30 bits per heavy atom. The number of azo groups is 2. The molecule has 0 aliphatic carbocycles. The number of aromatic carboxylic acids is 1. The first kappa shape index (κ1) is 31.8. The fourth-order valence-corrected chi connectivity index (χ4v) is 5.60. The molecule has 0 amide bonds. The van der Waals surface area contributed by atoms with Crippen LogP contribution >= 0.6 is 0 Å². The molecule has 0 saturated carbocycles. The number of carbonyl (C=O) groups is 1. The van der Waals surface area contributed by atoms with E-state index in [2.05, 4.69) is 20.5 Å². The summed E-state index contributed by atoms with van der Waals surface area (Å²) in [5, 5.41) is 43.7. The molecular weight excluding hydrogens is 646 g/mol. The average molecular weight is 662 g/mol. The first-order chi connectivity index (χ1) is 20.4. The SMILES string of the molecule is N#Cc1ccc(S(=O)(=O)O)c2cc(S(=O)(=O)O)c(/N=N/c3ccc(/N=N/c4ccc(S(=O)(=O)O)cc4)cc3C(=O)O)c(O)c12. The van der Waals surface area contributed by atoms with Crippen molar-refractivity contribution >= 4 is 69.8 Å². The van der Waals surface area contributed by atoms with Gasteiger partial charge in [-0.15, -0.1) is 10.2 Å². The maximum atomic E-state index is 12.2. The number of nitrogens with zero attached hydrogens (tertiary/aromatic N) is 5. The predicted octanol–water partition coefficient (Wildman–Crippen LogP) is 4.69. The lowest BCUT2D eigenvalue weighted by atomic mass is 10.0. The second kappa shape index (κ2) is 11.5. The largest absolute Gasteiger partial charge is 0.505 e. The Labute approximate surface area is 247 Å². The van der Waals surface area contributed by atoms with Crippen LogP contribution in [-0.4, -0.2) is 55.1 Å². The van der Waals surface area contributed by atoms with E-state index in [1.165, 1.54) is 18.2 Å². The third kappa shape index (κ3) is 6.57. The molecule has 44 heavy (non-hydrogen) atoms. The number of carboxylic acid groups (broad SMARTS) is 1. The van der Waals surface area contributed by atoms with E-state index in [0.29, 0.717) is 6.07 Å². The summed E-state index contributed by atoms with van der Waals surface area (Å²) in [5.41, 5.74) is -2.23. The minimum absolute atomic E-state index is 0.0382. The van der Waals surface area contributed by atoms with E-state index in [9.17, 15) is 54.6 Å². The first-order valence-electron chi connectivity index (χ1n) is 11.4. The van der Waals surface area contributed by atoms with Crippen LogP contribution in [0.4, 0.5) is 22.7 Å². The van der Waals surface area contributed by atoms with Crippen molar-refractivity contribution in [2.75, 3.05) is 0 Å². The molecule has 17 nitrogen and oxygen atoms in total. The van der Waals surface area contributed by atoms with Gasteiger partial charge in [0.15, 0.2) is 5.75 Å². The molecule has 0 saturated heterocycles. The molecule has 0 unspecified atom stereocenters. The summed E-state index contributed by atoms with van der Waals surface area (Å²) in [5.74, 6) is -2.70. The number of benzene rings is 4. The zero-order valence-electron chi connectivity index (χ0n) is 21.3. The molecule has 0 bridgehead atoms. The van der Waals surface area contributed by atoms with Crippen molar-refractivity contribution in [3.8, 4) is 11.8 Å². The fourth-order valence-electron chi connectivity index (χ4n) is 3.79. The third-order valence-corrected chi connectivity index (χ3v) is 8.38. The molecule has 5 N–H and O–H groups in total. The topological polar surface area (TPSA) is 294 Å². The fraction of sp³-hybridized carbons (Fsp3) is 0. The summed E-state index contributed by atoms with van der Waals surface area (Å²) >= 11 is 0. The van der Waals surface area contributed by atoms with Crippen molar-refractivity contribution in [3.63, 3.8) is 0 Å². The van der Waals surface area contributed by atoms with Crippen molar-refractivity contribution in [2.45, 2.75) is 14.7 Å². The molecule has 4 aromatic carbocycles. The smallest absolute Gasteiger partial charge is 0.338 e. The van der Waals surface area contributed by atoms with Gasteiger partial charge < -0.3 is 10.2 Å². The lowest BCUT2D eigenvalue weighted by molar-refractivity contribution is 0.0697. The molecule has 0 aliphatic heterocycles. The van der Waals surface area contributed by atoms with E-state index in [1.54, 1.807) is 6.07 Å². The Kier molecular flexibility index (Phi) is 8.29. The molecular formula is C24H15N5O12S3. The lowest BCUT2D eigenvalue weighted by Gasteiger charge is -2.12. The number of phenols is 1. The number of aromatic hydroxyl groups is 1. The van der Waals surface area contributed by atoms with Crippen LogP contribution in [0, 0.1) is 11.3 Å². The van der Waals surface area contributed by atoms with Gasteiger partial charge >= 0.3 is 5.97 Å². The Bertz CT molecular complexity index is 2300. The van der Waals surface area contributed by atoms with Crippen molar-refractivity contribution in [3.05, 3.63) is 71.8 Å². The van der Waals surface area contributed by atoms with Crippen LogP contribution in [0.2, 0.25) is 0 Å². The monoisotopic (exact) mass is 661 g/mol. The van der Waals surface area contributed by atoms with Gasteiger partial charge in [0.05, 0.1) is 33.5 Å². The summed E-state index contributed by atoms with van der Waals surface area (Å²) in [6.07, 6.45) is 0. The highest BCUT2D eigenvalue weighted by molar-refractivity contribution is 7.86. The second-order valence-corrected chi connectivity index (χ2v) is 12.7. The summed E-state index contributed by atoms with van der Waals surface area (Å²) in [7, 11) is -14.7. The van der Waals surface area contributed by atoms with E-state index >= 15 is 0 Å². The molecule has 0 aromatic heterocycles. The molecule has 20 heteroatoms. The lowest BCUT2D eigenvalue weighted by Crippen LogP contribution is -2.03. The quantitative estimate of drug-likeness (QED) is 0.127. The van der Waals surface area contributed by atoms with E-state index in [4.69, 9.17) is 4.55 Å². The second-order valence-electron chi connectivity index (χ2n) is 8.54. The average Bonchev–Trinajstić information content (AvgIpc) is 2.93. The predicted molar refractivity (Wildman–Crippen MR) is 148 cm³/mol. The minimum Gasteiger partial charge on any atom is -0.505 e. The van der Waals surface area contributed by atoms with Crippen LogP contribution < -0.4 is 0 Å². The van der Waals surface area contributed by atoms with Gasteiger partial charge in [0.25, 0.3) is 30.4 Å². The van der Waals surface area contributed by atoms with E-state index < -0.39 is 84.5 Å². The van der Waals surface area contributed by atoms with Gasteiger partial charge in [0, 0.05) is 10.8 Å². The number of nitriles is 1. The highest BCUT2D eigenvalue weighted by Gasteiger charge is 2.27. The Morgan fingerprint density at radius 3 is 1.84 bits per heavy atom. The standard InChI is InChI=1S/C24H15N5O12S3/c25-11-12-1-8-19(43(36,37)38)17-10-20(44(39,40)41)22(23(30)21(12)17)29-28-18-7-4-14(9-16(18)24(31)32)27-26-13-2-5-15(6-3-13)42(33,34)35/h1-10,30H,(H,31,32)(H,33,34,35)(H,36,37,38)(H,39,40,41)/b27-26+,29-28+. The molecule has 4 rings (SSSR count). The summed E-state index contributed by atoms with van der Waals surface area (Å²) in [6, 6.07) is 11.7. The van der Waals surface area contributed by atoms with Gasteiger partial charge in [-0.05, 0) is 60.7 Å². The van der Waals surface area contributed by atoms with Gasteiger partial charge in [0.1, 0.15) is 21.2 Å². The molecule has 0 spiro atoms. The Morgan fingerprint density at radius 1 is 0.705 bits per heavy atom. The summed E-state index contributed by atoms with van der Waals surface area (Å²) in [6.45, 7) is 0. The van der Waals surface area contributed by atoms with Gasteiger partial charge in [-0.25, -0.2) is 4.79 Å². The highest BCUT2D eigenvalue weighted by atomic mass is 32.2. The van der Waals surface area contributed by atoms with E-state index in [1.807, 2.05) is 0 Å². The third-order valence-electron chi connectivity index (χ3n) is 5.74.